The first-order chi connectivity index (χ1) is 19.0. The van der Waals surface area contributed by atoms with E-state index < -0.39 is 6.29 Å². The summed E-state index contributed by atoms with van der Waals surface area (Å²) in [5.41, 5.74) is 2.92. The number of amides is 1. The number of carbonyl (C=O) groups excluding carboxylic acids is 1. The van der Waals surface area contributed by atoms with Crippen LogP contribution < -0.4 is 10.1 Å². The Bertz CT molecular complexity index is 1160. The van der Waals surface area contributed by atoms with E-state index in [1.807, 2.05) is 80.6 Å². The quantitative estimate of drug-likeness (QED) is 0.293. The van der Waals surface area contributed by atoms with Crippen LogP contribution in [-0.4, -0.2) is 42.7 Å². The highest BCUT2D eigenvalue weighted by atomic mass is 16.7. The van der Waals surface area contributed by atoms with Crippen LogP contribution in [0.1, 0.15) is 55.7 Å². The summed E-state index contributed by atoms with van der Waals surface area (Å²) in [5, 5.41) is 13.5. The van der Waals surface area contributed by atoms with Gasteiger partial charge in [0.25, 0.3) is 0 Å². The predicted molar refractivity (Wildman–Crippen MR) is 149 cm³/mol. The smallest absolute Gasteiger partial charge is 0.220 e. The number of phenols is 1. The van der Waals surface area contributed by atoms with Gasteiger partial charge in [0.2, 0.25) is 12.2 Å². The summed E-state index contributed by atoms with van der Waals surface area (Å²) in [6.45, 7) is 5.82. The van der Waals surface area contributed by atoms with Crippen molar-refractivity contribution in [2.75, 3.05) is 13.2 Å². The number of rotatable bonds is 13. The molecule has 2 N–H and O–H groups in total. The van der Waals surface area contributed by atoms with Crippen molar-refractivity contribution in [2.24, 2.45) is 0 Å². The summed E-state index contributed by atoms with van der Waals surface area (Å²) in [6.07, 6.45) is 0.736. The molecule has 0 aromatic heterocycles. The third-order valence-corrected chi connectivity index (χ3v) is 6.74. The molecule has 7 nitrogen and oxygen atoms in total. The van der Waals surface area contributed by atoms with Crippen LogP contribution in [0.15, 0.2) is 78.9 Å². The predicted octanol–water partition coefficient (Wildman–Crippen LogP) is 5.71. The molecule has 7 heteroatoms. The van der Waals surface area contributed by atoms with Crippen LogP contribution in [0.3, 0.4) is 0 Å². The van der Waals surface area contributed by atoms with Gasteiger partial charge in [-0.2, -0.15) is 0 Å². The van der Waals surface area contributed by atoms with E-state index in [0.29, 0.717) is 56.9 Å². The fraction of sp³-hybridized carbons (Fsp3) is 0.406. The van der Waals surface area contributed by atoms with Crippen LogP contribution in [0.4, 0.5) is 0 Å². The second kappa shape index (κ2) is 14.7. The van der Waals surface area contributed by atoms with E-state index in [0.717, 1.165) is 11.1 Å². The second-order valence-corrected chi connectivity index (χ2v) is 9.98. The van der Waals surface area contributed by atoms with Crippen molar-refractivity contribution in [1.82, 2.24) is 5.32 Å². The van der Waals surface area contributed by atoms with Crippen LogP contribution in [0.5, 0.6) is 11.5 Å². The number of phenolic OH excluding ortho intramolecular Hbond substituents is 1. The van der Waals surface area contributed by atoms with Gasteiger partial charge < -0.3 is 29.4 Å². The van der Waals surface area contributed by atoms with Gasteiger partial charge in [0, 0.05) is 31.9 Å². The van der Waals surface area contributed by atoms with Gasteiger partial charge >= 0.3 is 0 Å². The number of aromatic hydroxyl groups is 1. The molecule has 1 aliphatic rings. The minimum Gasteiger partial charge on any atom is -0.508 e. The summed E-state index contributed by atoms with van der Waals surface area (Å²) >= 11 is 0. The highest BCUT2D eigenvalue weighted by Crippen LogP contribution is 2.33. The fourth-order valence-electron chi connectivity index (χ4n) is 4.74. The summed E-state index contributed by atoms with van der Waals surface area (Å²) in [5.74, 6) is 0.430. The van der Waals surface area contributed by atoms with Crippen molar-refractivity contribution in [3.05, 3.63) is 95.6 Å². The van der Waals surface area contributed by atoms with Gasteiger partial charge in [0.1, 0.15) is 11.5 Å². The third kappa shape index (κ3) is 9.10. The Morgan fingerprint density at radius 3 is 2.36 bits per heavy atom. The minimum atomic E-state index is -0.553. The van der Waals surface area contributed by atoms with E-state index in [4.69, 9.17) is 18.9 Å². The monoisotopic (exact) mass is 533 g/mol. The zero-order valence-electron chi connectivity index (χ0n) is 22.8. The van der Waals surface area contributed by atoms with E-state index >= 15 is 0 Å². The molecule has 4 rings (SSSR count). The van der Waals surface area contributed by atoms with Crippen LogP contribution in [-0.2, 0) is 32.2 Å². The molecule has 0 aliphatic carbocycles. The lowest BCUT2D eigenvalue weighted by molar-refractivity contribution is -0.200. The lowest BCUT2D eigenvalue weighted by atomic mass is 9.96. The summed E-state index contributed by atoms with van der Waals surface area (Å²) < 4.78 is 24.6. The van der Waals surface area contributed by atoms with Crippen LogP contribution >= 0.6 is 0 Å². The zero-order chi connectivity index (χ0) is 27.5. The largest absolute Gasteiger partial charge is 0.508 e. The second-order valence-electron chi connectivity index (χ2n) is 9.98. The maximum Gasteiger partial charge on any atom is 0.220 e. The highest BCUT2D eigenvalue weighted by Gasteiger charge is 2.32. The third-order valence-electron chi connectivity index (χ3n) is 6.74. The molecule has 1 amide bonds. The normalized spacial score (nSPS) is 19.8. The molecule has 3 aromatic rings. The lowest BCUT2D eigenvalue weighted by Gasteiger charge is -2.35. The van der Waals surface area contributed by atoms with Crippen molar-refractivity contribution in [3.63, 3.8) is 0 Å². The molecular formula is C32H39NO6. The first-order valence-electron chi connectivity index (χ1n) is 13.7. The van der Waals surface area contributed by atoms with Gasteiger partial charge in [-0.05, 0) is 35.6 Å². The van der Waals surface area contributed by atoms with Gasteiger partial charge in [-0.15, -0.1) is 0 Å². The SMILES string of the molecule is CCNC(=O)CC(C)c1ccc(OC2CC(OCc3ccccc3)CC(COCc3ccccc3)O2)cc1O. The van der Waals surface area contributed by atoms with Crippen molar-refractivity contribution in [3.8, 4) is 11.5 Å². The molecule has 1 saturated heterocycles. The first kappa shape index (κ1) is 28.6. The van der Waals surface area contributed by atoms with E-state index in [1.54, 1.807) is 12.1 Å². The summed E-state index contributed by atoms with van der Waals surface area (Å²) in [4.78, 5) is 12.0. The number of ether oxygens (including phenoxy) is 4. The van der Waals surface area contributed by atoms with Crippen molar-refractivity contribution in [1.29, 1.82) is 0 Å². The minimum absolute atomic E-state index is 0.0394. The van der Waals surface area contributed by atoms with Crippen molar-refractivity contribution >= 4 is 5.91 Å². The molecule has 0 saturated carbocycles. The van der Waals surface area contributed by atoms with Crippen LogP contribution in [0.2, 0.25) is 0 Å². The van der Waals surface area contributed by atoms with Gasteiger partial charge in [-0.25, -0.2) is 0 Å². The Kier molecular flexibility index (Phi) is 10.8. The molecule has 0 bridgehead atoms. The van der Waals surface area contributed by atoms with Gasteiger partial charge in [-0.3, -0.25) is 4.79 Å². The molecule has 39 heavy (non-hydrogen) atoms. The fourth-order valence-corrected chi connectivity index (χ4v) is 4.74. The Morgan fingerprint density at radius 1 is 1.00 bits per heavy atom. The molecular weight excluding hydrogens is 494 g/mol. The average Bonchev–Trinajstić information content (AvgIpc) is 2.93. The van der Waals surface area contributed by atoms with Crippen LogP contribution in [0, 0.1) is 0 Å². The average molecular weight is 534 g/mol. The molecule has 1 fully saturated rings. The Morgan fingerprint density at radius 2 is 1.69 bits per heavy atom. The maximum atomic E-state index is 12.0. The lowest BCUT2D eigenvalue weighted by Crippen LogP contribution is -2.41. The molecule has 1 heterocycles. The standard InChI is InChI=1S/C32H39NO6/c1-3-33-31(35)16-23(2)29-15-14-26(18-30(29)34)38-32-19-27(37-21-25-12-8-5-9-13-25)17-28(39-32)22-36-20-24-10-6-4-7-11-24/h4-15,18,23,27-28,32,34H,3,16-17,19-22H2,1-2H3,(H,33,35). The maximum absolute atomic E-state index is 12.0. The van der Waals surface area contributed by atoms with Crippen molar-refractivity contribution < 1.29 is 28.8 Å². The molecule has 0 radical (unpaired) electrons. The Hall–Kier alpha value is -3.39. The summed E-state index contributed by atoms with van der Waals surface area (Å²) in [7, 11) is 0. The van der Waals surface area contributed by atoms with E-state index in [-0.39, 0.29) is 29.8 Å². The Balaban J connectivity index is 1.38. The highest BCUT2D eigenvalue weighted by molar-refractivity contribution is 5.76. The van der Waals surface area contributed by atoms with Gasteiger partial charge in [-0.1, -0.05) is 73.7 Å². The van der Waals surface area contributed by atoms with Gasteiger partial charge in [0.15, 0.2) is 0 Å². The Labute approximate surface area is 231 Å². The van der Waals surface area contributed by atoms with E-state index in [2.05, 4.69) is 5.32 Å². The number of hydrogen-bond donors (Lipinski definition) is 2. The number of carbonyl (C=O) groups is 1. The topological polar surface area (TPSA) is 86.3 Å². The number of hydrogen-bond acceptors (Lipinski definition) is 6. The van der Waals surface area contributed by atoms with E-state index in [9.17, 15) is 9.90 Å². The van der Waals surface area contributed by atoms with E-state index in [1.165, 1.54) is 0 Å². The zero-order valence-corrected chi connectivity index (χ0v) is 22.8. The number of benzene rings is 3. The van der Waals surface area contributed by atoms with Crippen LogP contribution in [0.25, 0.3) is 0 Å². The first-order valence-corrected chi connectivity index (χ1v) is 13.7. The number of nitrogens with one attached hydrogen (secondary N) is 1. The molecule has 4 atom stereocenters. The molecule has 3 aromatic carbocycles. The molecule has 0 spiro atoms. The van der Waals surface area contributed by atoms with Gasteiger partial charge in [0.05, 0.1) is 32.0 Å². The molecule has 4 unspecified atom stereocenters. The molecule has 1 aliphatic heterocycles. The molecule has 208 valence electrons. The van der Waals surface area contributed by atoms with Crippen molar-refractivity contribution in [2.45, 2.75) is 70.7 Å². The summed E-state index contributed by atoms with van der Waals surface area (Å²) in [6, 6.07) is 25.3.